The van der Waals surface area contributed by atoms with Crippen LogP contribution in [-0.2, 0) is 5.60 Å². The van der Waals surface area contributed by atoms with Crippen molar-refractivity contribution < 1.29 is 9.90 Å². The van der Waals surface area contributed by atoms with Crippen LogP contribution in [0, 0.1) is 6.92 Å². The van der Waals surface area contributed by atoms with E-state index >= 15 is 0 Å². The number of carbonyl (C=O) groups excluding carboxylic acids is 1. The maximum Gasteiger partial charge on any atom is 0.274 e. The van der Waals surface area contributed by atoms with Crippen LogP contribution in [0.25, 0.3) is 5.65 Å². The molecule has 0 saturated heterocycles. The van der Waals surface area contributed by atoms with Crippen molar-refractivity contribution in [2.24, 2.45) is 0 Å². The van der Waals surface area contributed by atoms with Crippen LogP contribution in [0.1, 0.15) is 35.5 Å². The number of pyridine rings is 1. The lowest BCUT2D eigenvalue weighted by Gasteiger charge is -2.18. The molecule has 0 saturated carbocycles. The van der Waals surface area contributed by atoms with Crippen molar-refractivity contribution >= 4 is 17.2 Å². The Morgan fingerprint density at radius 1 is 1.22 bits per heavy atom. The minimum atomic E-state index is -0.984. The number of fused-ring (bicyclic) bond motifs is 1. The molecule has 3 aromatic rings. The second-order valence-corrected chi connectivity index (χ2v) is 6.12. The molecule has 0 aliphatic heterocycles. The van der Waals surface area contributed by atoms with E-state index in [-0.39, 0.29) is 5.91 Å². The number of benzene rings is 1. The first-order valence-electron chi connectivity index (χ1n) is 7.43. The van der Waals surface area contributed by atoms with E-state index in [1.165, 1.54) is 6.20 Å². The summed E-state index contributed by atoms with van der Waals surface area (Å²) in [5.41, 5.74) is 2.58. The lowest BCUT2D eigenvalue weighted by Crippen LogP contribution is -2.18. The summed E-state index contributed by atoms with van der Waals surface area (Å²) in [4.78, 5) is 16.8. The fourth-order valence-electron chi connectivity index (χ4n) is 2.41. The highest BCUT2D eigenvalue weighted by Gasteiger charge is 2.19. The normalized spacial score (nSPS) is 11.7. The maximum atomic E-state index is 12.6. The zero-order valence-corrected chi connectivity index (χ0v) is 13.4. The highest BCUT2D eigenvalue weighted by molar-refractivity contribution is 6.03. The number of nitrogens with zero attached hydrogens (tertiary/aromatic N) is 2. The van der Waals surface area contributed by atoms with Crippen LogP contribution in [0.15, 0.2) is 48.8 Å². The molecule has 118 valence electrons. The number of hydrogen-bond donors (Lipinski definition) is 2. The number of nitrogens with one attached hydrogen (secondary N) is 1. The molecule has 5 heteroatoms. The Hall–Kier alpha value is -2.66. The van der Waals surface area contributed by atoms with E-state index in [2.05, 4.69) is 10.3 Å². The highest BCUT2D eigenvalue weighted by atomic mass is 16.3. The van der Waals surface area contributed by atoms with Gasteiger partial charge in [0.2, 0.25) is 0 Å². The summed E-state index contributed by atoms with van der Waals surface area (Å²) in [7, 11) is 0. The molecule has 0 unspecified atom stereocenters. The van der Waals surface area contributed by atoms with Gasteiger partial charge in [0.15, 0.2) is 0 Å². The van der Waals surface area contributed by atoms with Gasteiger partial charge in [-0.25, -0.2) is 4.98 Å². The summed E-state index contributed by atoms with van der Waals surface area (Å²) >= 11 is 0. The summed E-state index contributed by atoms with van der Waals surface area (Å²) in [6.45, 7) is 5.35. The van der Waals surface area contributed by atoms with Gasteiger partial charge in [0.05, 0.1) is 11.8 Å². The SMILES string of the molecule is Cc1ccccc1NC(=O)c1cnc2ccc(C(C)(C)O)cn12. The highest BCUT2D eigenvalue weighted by Crippen LogP contribution is 2.21. The van der Waals surface area contributed by atoms with Crippen molar-refractivity contribution in [1.82, 2.24) is 9.38 Å². The third-order valence-electron chi connectivity index (χ3n) is 3.84. The third-order valence-corrected chi connectivity index (χ3v) is 3.84. The van der Waals surface area contributed by atoms with Crippen molar-refractivity contribution in [2.75, 3.05) is 5.32 Å². The van der Waals surface area contributed by atoms with E-state index in [0.29, 0.717) is 16.9 Å². The van der Waals surface area contributed by atoms with Gasteiger partial charge >= 0.3 is 0 Å². The molecule has 0 radical (unpaired) electrons. The third kappa shape index (κ3) is 2.96. The van der Waals surface area contributed by atoms with E-state index < -0.39 is 5.60 Å². The van der Waals surface area contributed by atoms with E-state index in [9.17, 15) is 9.90 Å². The smallest absolute Gasteiger partial charge is 0.274 e. The summed E-state index contributed by atoms with van der Waals surface area (Å²) in [6, 6.07) is 11.2. The average Bonchev–Trinajstić information content (AvgIpc) is 2.91. The Morgan fingerprint density at radius 2 is 1.96 bits per heavy atom. The molecule has 0 fully saturated rings. The number of imidazole rings is 1. The largest absolute Gasteiger partial charge is 0.386 e. The molecular weight excluding hydrogens is 290 g/mol. The molecule has 0 bridgehead atoms. The van der Waals surface area contributed by atoms with E-state index in [1.54, 1.807) is 30.5 Å². The number of carbonyl (C=O) groups is 1. The summed E-state index contributed by atoms with van der Waals surface area (Å²) in [5.74, 6) is -0.236. The van der Waals surface area contributed by atoms with E-state index in [1.807, 2.05) is 37.3 Å². The lowest BCUT2D eigenvalue weighted by atomic mass is 10.0. The molecule has 0 atom stereocenters. The Bertz CT molecular complexity index is 875. The molecule has 3 rings (SSSR count). The van der Waals surface area contributed by atoms with Gasteiger partial charge in [-0.1, -0.05) is 24.3 Å². The Balaban J connectivity index is 1.99. The van der Waals surface area contributed by atoms with Gasteiger partial charge in [-0.05, 0) is 44.0 Å². The maximum absolute atomic E-state index is 12.6. The second kappa shape index (κ2) is 5.52. The summed E-state index contributed by atoms with van der Waals surface area (Å²) < 4.78 is 1.70. The first-order chi connectivity index (χ1) is 10.9. The monoisotopic (exact) mass is 309 g/mol. The van der Waals surface area contributed by atoms with Crippen molar-refractivity contribution in [3.8, 4) is 0 Å². The number of aryl methyl sites for hydroxylation is 1. The lowest BCUT2D eigenvalue weighted by molar-refractivity contribution is 0.0780. The number of aliphatic hydroxyl groups is 1. The molecule has 0 aliphatic rings. The van der Waals surface area contributed by atoms with Gasteiger partial charge in [-0.2, -0.15) is 0 Å². The fraction of sp³-hybridized carbons (Fsp3) is 0.222. The molecule has 0 aliphatic carbocycles. The Labute approximate surface area is 134 Å². The molecule has 1 amide bonds. The standard InChI is InChI=1S/C18H19N3O2/c1-12-6-4-5-7-14(12)20-17(22)15-10-19-16-9-8-13(11-21(15)16)18(2,3)23/h4-11,23H,1-3H3,(H,20,22). The molecule has 2 aromatic heterocycles. The number of rotatable bonds is 3. The van der Waals surface area contributed by atoms with Crippen LogP contribution in [0.2, 0.25) is 0 Å². The van der Waals surface area contributed by atoms with Crippen LogP contribution in [0.5, 0.6) is 0 Å². The fourth-order valence-corrected chi connectivity index (χ4v) is 2.41. The predicted molar refractivity (Wildman–Crippen MR) is 89.6 cm³/mol. The minimum absolute atomic E-state index is 0.236. The van der Waals surface area contributed by atoms with Crippen molar-refractivity contribution in [2.45, 2.75) is 26.4 Å². The summed E-state index contributed by atoms with van der Waals surface area (Å²) in [5, 5.41) is 13.1. The predicted octanol–water partition coefficient (Wildman–Crippen LogP) is 3.12. The van der Waals surface area contributed by atoms with Crippen molar-refractivity contribution in [3.05, 3.63) is 65.6 Å². The zero-order chi connectivity index (χ0) is 16.6. The Kier molecular flexibility index (Phi) is 3.66. The minimum Gasteiger partial charge on any atom is -0.386 e. The molecule has 5 nitrogen and oxygen atoms in total. The molecule has 1 aromatic carbocycles. The first-order valence-corrected chi connectivity index (χ1v) is 7.43. The quantitative estimate of drug-likeness (QED) is 0.781. The number of hydrogen-bond acceptors (Lipinski definition) is 3. The number of anilines is 1. The van der Waals surface area contributed by atoms with Crippen LogP contribution in [0.4, 0.5) is 5.69 Å². The molecule has 2 N–H and O–H groups in total. The second-order valence-electron chi connectivity index (χ2n) is 6.12. The van der Waals surface area contributed by atoms with Gasteiger partial charge in [0.1, 0.15) is 11.3 Å². The van der Waals surface area contributed by atoms with Gasteiger partial charge in [0, 0.05) is 11.9 Å². The van der Waals surface area contributed by atoms with Gasteiger partial charge < -0.3 is 10.4 Å². The zero-order valence-electron chi connectivity index (χ0n) is 13.4. The molecular formula is C18H19N3O2. The van der Waals surface area contributed by atoms with Crippen molar-refractivity contribution in [3.63, 3.8) is 0 Å². The van der Waals surface area contributed by atoms with Crippen LogP contribution >= 0.6 is 0 Å². The topological polar surface area (TPSA) is 66.6 Å². The number of amides is 1. The summed E-state index contributed by atoms with van der Waals surface area (Å²) in [6.07, 6.45) is 3.28. The number of para-hydroxylation sites is 1. The van der Waals surface area contributed by atoms with Crippen LogP contribution in [0.3, 0.4) is 0 Å². The van der Waals surface area contributed by atoms with Gasteiger partial charge in [0.25, 0.3) is 5.91 Å². The molecule has 0 spiro atoms. The van der Waals surface area contributed by atoms with Crippen LogP contribution < -0.4 is 5.32 Å². The first kappa shape index (κ1) is 15.2. The van der Waals surface area contributed by atoms with E-state index in [4.69, 9.17) is 0 Å². The average molecular weight is 309 g/mol. The van der Waals surface area contributed by atoms with Gasteiger partial charge in [-0.3, -0.25) is 9.20 Å². The van der Waals surface area contributed by atoms with Gasteiger partial charge in [-0.15, -0.1) is 0 Å². The number of aromatic nitrogens is 2. The Morgan fingerprint density at radius 3 is 2.65 bits per heavy atom. The van der Waals surface area contributed by atoms with Crippen molar-refractivity contribution in [1.29, 1.82) is 0 Å². The molecule has 2 heterocycles. The van der Waals surface area contributed by atoms with Crippen LogP contribution in [-0.4, -0.2) is 20.4 Å². The molecule has 23 heavy (non-hydrogen) atoms. The van der Waals surface area contributed by atoms with E-state index in [0.717, 1.165) is 11.3 Å².